The molecular formula is C9H20N2O. The second-order valence-corrected chi connectivity index (χ2v) is 3.45. The van der Waals surface area contributed by atoms with Crippen LogP contribution in [0, 0.1) is 0 Å². The van der Waals surface area contributed by atoms with E-state index in [4.69, 9.17) is 5.11 Å². The predicted octanol–water partition coefficient (Wildman–Crippen LogP) is 0.0526. The summed E-state index contributed by atoms with van der Waals surface area (Å²) in [5.41, 5.74) is 0. The van der Waals surface area contributed by atoms with Crippen LogP contribution < -0.4 is 5.32 Å². The summed E-state index contributed by atoms with van der Waals surface area (Å²) in [5, 5.41) is 11.9. The SMILES string of the molecule is CNCCCN(CCO)C1CC1. The van der Waals surface area contributed by atoms with E-state index >= 15 is 0 Å². The molecule has 1 aliphatic rings. The lowest BCUT2D eigenvalue weighted by molar-refractivity contribution is 0.188. The molecule has 1 fully saturated rings. The largest absolute Gasteiger partial charge is 0.395 e. The summed E-state index contributed by atoms with van der Waals surface area (Å²) < 4.78 is 0. The van der Waals surface area contributed by atoms with Crippen molar-refractivity contribution in [3.8, 4) is 0 Å². The van der Waals surface area contributed by atoms with Crippen LogP contribution in [0.4, 0.5) is 0 Å². The fourth-order valence-corrected chi connectivity index (χ4v) is 1.50. The number of hydrogen-bond donors (Lipinski definition) is 2. The predicted molar refractivity (Wildman–Crippen MR) is 50.2 cm³/mol. The Hall–Kier alpha value is -0.120. The van der Waals surface area contributed by atoms with Gasteiger partial charge in [-0.2, -0.15) is 0 Å². The Bertz CT molecular complexity index is 115. The van der Waals surface area contributed by atoms with Crippen molar-refractivity contribution in [1.82, 2.24) is 10.2 Å². The number of nitrogens with zero attached hydrogens (tertiary/aromatic N) is 1. The minimum Gasteiger partial charge on any atom is -0.395 e. The van der Waals surface area contributed by atoms with Crippen molar-refractivity contribution in [3.05, 3.63) is 0 Å². The number of hydrogen-bond acceptors (Lipinski definition) is 3. The molecule has 12 heavy (non-hydrogen) atoms. The third kappa shape index (κ3) is 3.52. The Morgan fingerprint density at radius 3 is 2.67 bits per heavy atom. The Balaban J connectivity index is 2.05. The summed E-state index contributed by atoms with van der Waals surface area (Å²) >= 11 is 0. The van der Waals surface area contributed by atoms with E-state index in [2.05, 4.69) is 10.2 Å². The average molecular weight is 172 g/mol. The molecule has 0 aromatic rings. The molecule has 1 saturated carbocycles. The van der Waals surface area contributed by atoms with E-state index in [1.165, 1.54) is 19.3 Å². The highest BCUT2D eigenvalue weighted by Gasteiger charge is 2.27. The summed E-state index contributed by atoms with van der Waals surface area (Å²) in [5.74, 6) is 0. The molecule has 1 aliphatic carbocycles. The molecule has 0 atom stereocenters. The normalized spacial score (nSPS) is 17.2. The van der Waals surface area contributed by atoms with Crippen molar-refractivity contribution in [1.29, 1.82) is 0 Å². The van der Waals surface area contributed by atoms with E-state index in [9.17, 15) is 0 Å². The van der Waals surface area contributed by atoms with Crippen molar-refractivity contribution in [2.24, 2.45) is 0 Å². The number of aliphatic hydroxyl groups is 1. The summed E-state index contributed by atoms with van der Waals surface area (Å²) in [6.07, 6.45) is 3.85. The third-order valence-corrected chi connectivity index (χ3v) is 2.32. The van der Waals surface area contributed by atoms with Gasteiger partial charge < -0.3 is 10.4 Å². The van der Waals surface area contributed by atoms with Gasteiger partial charge in [-0.05, 0) is 39.4 Å². The van der Waals surface area contributed by atoms with E-state index in [1.807, 2.05) is 7.05 Å². The molecule has 0 aliphatic heterocycles. The van der Waals surface area contributed by atoms with Crippen LogP contribution in [0.1, 0.15) is 19.3 Å². The first-order valence-corrected chi connectivity index (χ1v) is 4.88. The van der Waals surface area contributed by atoms with Gasteiger partial charge >= 0.3 is 0 Å². The molecule has 0 radical (unpaired) electrons. The highest BCUT2D eigenvalue weighted by molar-refractivity contribution is 4.84. The topological polar surface area (TPSA) is 35.5 Å². The van der Waals surface area contributed by atoms with E-state index in [0.717, 1.165) is 25.7 Å². The van der Waals surface area contributed by atoms with Crippen LogP contribution >= 0.6 is 0 Å². The van der Waals surface area contributed by atoms with E-state index in [-0.39, 0.29) is 0 Å². The first kappa shape index (κ1) is 9.96. The van der Waals surface area contributed by atoms with Crippen molar-refractivity contribution in [3.63, 3.8) is 0 Å². The van der Waals surface area contributed by atoms with Crippen molar-refractivity contribution in [2.75, 3.05) is 33.3 Å². The first-order chi connectivity index (χ1) is 5.88. The van der Waals surface area contributed by atoms with E-state index in [0.29, 0.717) is 6.61 Å². The summed E-state index contributed by atoms with van der Waals surface area (Å²) in [7, 11) is 1.98. The Morgan fingerprint density at radius 1 is 1.42 bits per heavy atom. The maximum Gasteiger partial charge on any atom is 0.0558 e. The molecule has 0 aromatic carbocycles. The highest BCUT2D eigenvalue weighted by Crippen LogP contribution is 2.26. The van der Waals surface area contributed by atoms with Gasteiger partial charge in [-0.25, -0.2) is 0 Å². The lowest BCUT2D eigenvalue weighted by atomic mass is 10.3. The Kier molecular flexibility index (Phi) is 4.58. The Morgan fingerprint density at radius 2 is 2.17 bits per heavy atom. The monoisotopic (exact) mass is 172 g/mol. The van der Waals surface area contributed by atoms with Crippen LogP contribution in [0.3, 0.4) is 0 Å². The number of nitrogens with one attached hydrogen (secondary N) is 1. The van der Waals surface area contributed by atoms with Gasteiger partial charge in [-0.3, -0.25) is 4.90 Å². The van der Waals surface area contributed by atoms with Crippen LogP contribution in [0.25, 0.3) is 0 Å². The Labute approximate surface area is 74.8 Å². The summed E-state index contributed by atoms with van der Waals surface area (Å²) in [6.45, 7) is 3.37. The minimum atomic E-state index is 0.302. The average Bonchev–Trinajstić information content (AvgIpc) is 2.86. The van der Waals surface area contributed by atoms with E-state index < -0.39 is 0 Å². The zero-order chi connectivity index (χ0) is 8.81. The zero-order valence-electron chi connectivity index (χ0n) is 7.92. The van der Waals surface area contributed by atoms with Gasteiger partial charge in [0.05, 0.1) is 6.61 Å². The van der Waals surface area contributed by atoms with Gasteiger partial charge in [0.1, 0.15) is 0 Å². The van der Waals surface area contributed by atoms with Crippen molar-refractivity contribution in [2.45, 2.75) is 25.3 Å². The number of aliphatic hydroxyl groups excluding tert-OH is 1. The summed E-state index contributed by atoms with van der Waals surface area (Å²) in [6, 6.07) is 0.786. The first-order valence-electron chi connectivity index (χ1n) is 4.88. The van der Waals surface area contributed by atoms with Crippen molar-refractivity contribution < 1.29 is 5.11 Å². The molecule has 0 spiro atoms. The molecule has 0 bridgehead atoms. The molecule has 3 heteroatoms. The van der Waals surface area contributed by atoms with Gasteiger partial charge in [0.2, 0.25) is 0 Å². The second-order valence-electron chi connectivity index (χ2n) is 3.45. The van der Waals surface area contributed by atoms with Gasteiger partial charge in [0.15, 0.2) is 0 Å². The second kappa shape index (κ2) is 5.51. The third-order valence-electron chi connectivity index (χ3n) is 2.32. The molecule has 3 nitrogen and oxygen atoms in total. The smallest absolute Gasteiger partial charge is 0.0558 e. The molecule has 0 saturated heterocycles. The fraction of sp³-hybridized carbons (Fsp3) is 1.00. The molecule has 0 amide bonds. The van der Waals surface area contributed by atoms with Gasteiger partial charge in [0, 0.05) is 12.6 Å². The van der Waals surface area contributed by atoms with E-state index in [1.54, 1.807) is 0 Å². The van der Waals surface area contributed by atoms with Crippen molar-refractivity contribution >= 4 is 0 Å². The fourth-order valence-electron chi connectivity index (χ4n) is 1.50. The maximum absolute atomic E-state index is 8.81. The quantitative estimate of drug-likeness (QED) is 0.533. The molecule has 0 unspecified atom stereocenters. The molecule has 1 rings (SSSR count). The van der Waals surface area contributed by atoms with Gasteiger partial charge in [-0.1, -0.05) is 0 Å². The van der Waals surface area contributed by atoms with Crippen LogP contribution in [0.2, 0.25) is 0 Å². The molecular weight excluding hydrogens is 152 g/mol. The van der Waals surface area contributed by atoms with Crippen LogP contribution in [0.15, 0.2) is 0 Å². The maximum atomic E-state index is 8.81. The molecule has 0 heterocycles. The number of rotatable bonds is 7. The standard InChI is InChI=1S/C9H20N2O/c1-10-5-2-6-11(7-8-12)9-3-4-9/h9-10,12H,2-8H2,1H3. The molecule has 0 aromatic heterocycles. The minimum absolute atomic E-state index is 0.302. The molecule has 72 valence electrons. The van der Waals surface area contributed by atoms with Crippen LogP contribution in [-0.2, 0) is 0 Å². The zero-order valence-corrected chi connectivity index (χ0v) is 7.92. The van der Waals surface area contributed by atoms with Gasteiger partial charge in [-0.15, -0.1) is 0 Å². The molecule has 2 N–H and O–H groups in total. The summed E-state index contributed by atoms with van der Waals surface area (Å²) in [4.78, 5) is 2.40. The lowest BCUT2D eigenvalue weighted by Crippen LogP contribution is -2.31. The van der Waals surface area contributed by atoms with Gasteiger partial charge in [0.25, 0.3) is 0 Å². The highest BCUT2D eigenvalue weighted by atomic mass is 16.3. The van der Waals surface area contributed by atoms with Crippen LogP contribution in [-0.4, -0.2) is 49.3 Å². The van der Waals surface area contributed by atoms with Crippen LogP contribution in [0.5, 0.6) is 0 Å². The lowest BCUT2D eigenvalue weighted by Gasteiger charge is -2.20.